The molecule has 0 bridgehead atoms. The Morgan fingerprint density at radius 3 is 2.66 bits per heavy atom. The summed E-state index contributed by atoms with van der Waals surface area (Å²) in [7, 11) is 0. The minimum absolute atomic E-state index is 0.195. The van der Waals surface area contributed by atoms with Crippen molar-refractivity contribution in [1.82, 2.24) is 14.6 Å². The van der Waals surface area contributed by atoms with Crippen LogP contribution in [0.5, 0.6) is 0 Å². The number of anilines is 1. The topological polar surface area (TPSA) is 71.7 Å². The predicted octanol–water partition coefficient (Wildman–Crippen LogP) is 4.51. The van der Waals surface area contributed by atoms with E-state index in [4.69, 9.17) is 11.6 Å². The summed E-state index contributed by atoms with van der Waals surface area (Å²) in [5.41, 5.74) is 6.07. The highest BCUT2D eigenvalue weighted by atomic mass is 35.5. The third-order valence-electron chi connectivity index (χ3n) is 4.46. The Kier molecular flexibility index (Phi) is 5.05. The summed E-state index contributed by atoms with van der Waals surface area (Å²) in [6.07, 6.45) is 3.44. The Morgan fingerprint density at radius 1 is 1.14 bits per heavy atom. The van der Waals surface area contributed by atoms with Crippen molar-refractivity contribution in [2.45, 2.75) is 6.92 Å². The second kappa shape index (κ2) is 7.81. The molecule has 0 amide bonds. The Morgan fingerprint density at radius 2 is 1.93 bits per heavy atom. The van der Waals surface area contributed by atoms with Gasteiger partial charge in [0.1, 0.15) is 5.82 Å². The van der Waals surface area contributed by atoms with Crippen LogP contribution < -0.4 is 5.43 Å². The van der Waals surface area contributed by atoms with E-state index in [1.807, 2.05) is 35.7 Å². The zero-order valence-electron chi connectivity index (χ0n) is 15.3. The number of ketones is 1. The molecular weight excluding hydrogens is 393 g/mol. The van der Waals surface area contributed by atoms with Crippen molar-refractivity contribution in [2.75, 3.05) is 5.43 Å². The Bertz CT molecular complexity index is 1220. The quantitative estimate of drug-likeness (QED) is 0.300. The zero-order chi connectivity index (χ0) is 20.4. The monoisotopic (exact) mass is 407 g/mol. The van der Waals surface area contributed by atoms with Crippen LogP contribution in [0.1, 0.15) is 27.2 Å². The van der Waals surface area contributed by atoms with Crippen LogP contribution in [0.25, 0.3) is 5.52 Å². The molecule has 29 heavy (non-hydrogen) atoms. The number of carbonyl (C=O) groups excluding carboxylic acids is 1. The van der Waals surface area contributed by atoms with Gasteiger partial charge in [-0.05, 0) is 61.0 Å². The van der Waals surface area contributed by atoms with Gasteiger partial charge in [-0.25, -0.2) is 4.39 Å². The number of rotatable bonds is 5. The molecule has 0 fully saturated rings. The fourth-order valence-electron chi connectivity index (χ4n) is 3.08. The lowest BCUT2D eigenvalue weighted by Crippen LogP contribution is -2.07. The van der Waals surface area contributed by atoms with Crippen LogP contribution in [0.15, 0.2) is 65.9 Å². The van der Waals surface area contributed by atoms with Crippen LogP contribution in [-0.2, 0) is 0 Å². The summed E-state index contributed by atoms with van der Waals surface area (Å²) in [6.45, 7) is 1.85. The van der Waals surface area contributed by atoms with Crippen LogP contribution in [-0.4, -0.2) is 26.6 Å². The molecule has 6 nitrogen and oxygen atoms in total. The fourth-order valence-corrected chi connectivity index (χ4v) is 3.18. The molecule has 4 aromatic rings. The molecule has 0 aliphatic heterocycles. The molecule has 0 saturated carbocycles. The summed E-state index contributed by atoms with van der Waals surface area (Å²) < 4.78 is 15.0. The van der Waals surface area contributed by atoms with Crippen molar-refractivity contribution < 1.29 is 9.18 Å². The number of hydrogen-bond donors (Lipinski definition) is 1. The molecular formula is C21H15ClFN5O. The number of nitrogens with zero attached hydrogens (tertiary/aromatic N) is 4. The van der Waals surface area contributed by atoms with E-state index < -0.39 is 0 Å². The summed E-state index contributed by atoms with van der Waals surface area (Å²) in [5, 5.41) is 12.1. The fraction of sp³-hybridized carbons (Fsp3) is 0.0476. The van der Waals surface area contributed by atoms with Crippen LogP contribution in [0.3, 0.4) is 0 Å². The van der Waals surface area contributed by atoms with Gasteiger partial charge in [0, 0.05) is 17.3 Å². The Balaban J connectivity index is 1.72. The van der Waals surface area contributed by atoms with Gasteiger partial charge in [-0.3, -0.25) is 10.2 Å². The van der Waals surface area contributed by atoms with E-state index in [1.54, 1.807) is 18.3 Å². The van der Waals surface area contributed by atoms with Gasteiger partial charge < -0.3 is 4.40 Å². The molecule has 0 radical (unpaired) electrons. The van der Waals surface area contributed by atoms with E-state index in [2.05, 4.69) is 20.7 Å². The van der Waals surface area contributed by atoms with E-state index in [1.165, 1.54) is 24.3 Å². The second-order valence-electron chi connectivity index (χ2n) is 6.29. The lowest BCUT2D eigenvalue weighted by molar-refractivity contribution is 0.103. The van der Waals surface area contributed by atoms with E-state index >= 15 is 0 Å². The van der Waals surface area contributed by atoms with Crippen molar-refractivity contribution in [3.63, 3.8) is 0 Å². The first-order chi connectivity index (χ1) is 14.0. The number of hydrogen-bond acceptors (Lipinski definition) is 5. The molecule has 0 unspecified atom stereocenters. The zero-order valence-corrected chi connectivity index (χ0v) is 16.1. The van der Waals surface area contributed by atoms with Crippen LogP contribution >= 0.6 is 11.6 Å². The Hall–Kier alpha value is -3.58. The normalized spacial score (nSPS) is 11.3. The lowest BCUT2D eigenvalue weighted by atomic mass is 10.0. The second-order valence-corrected chi connectivity index (χ2v) is 6.68. The molecule has 0 spiro atoms. The summed E-state index contributed by atoms with van der Waals surface area (Å²) in [4.78, 5) is 13.1. The number of nitrogens with one attached hydrogen (secondary N) is 1. The molecule has 0 aliphatic carbocycles. The van der Waals surface area contributed by atoms with Gasteiger partial charge in [0.2, 0.25) is 5.78 Å². The number of benzene rings is 1. The minimum atomic E-state index is -0.387. The molecule has 3 aromatic heterocycles. The third kappa shape index (κ3) is 3.72. The highest BCUT2D eigenvalue weighted by Crippen LogP contribution is 2.24. The predicted molar refractivity (Wildman–Crippen MR) is 110 cm³/mol. The van der Waals surface area contributed by atoms with Gasteiger partial charge in [-0.1, -0.05) is 17.7 Å². The SMILES string of the molecule is Cc1c(/C=N/Nc2ccc(Cl)nn2)c2ccccn2c1C(=O)c1ccc(F)cc1. The lowest BCUT2D eigenvalue weighted by Gasteiger charge is -2.04. The smallest absolute Gasteiger partial charge is 0.210 e. The van der Waals surface area contributed by atoms with E-state index in [0.717, 1.165) is 16.6 Å². The number of pyridine rings is 1. The first kappa shape index (κ1) is 18.8. The van der Waals surface area contributed by atoms with Crippen molar-refractivity contribution in [3.8, 4) is 0 Å². The molecule has 1 N–H and O–H groups in total. The van der Waals surface area contributed by atoms with Gasteiger partial charge in [0.05, 0.1) is 17.4 Å². The molecule has 144 valence electrons. The first-order valence-electron chi connectivity index (χ1n) is 8.73. The van der Waals surface area contributed by atoms with E-state index in [0.29, 0.717) is 17.1 Å². The van der Waals surface area contributed by atoms with Gasteiger partial charge in [-0.15, -0.1) is 10.2 Å². The van der Waals surface area contributed by atoms with Gasteiger partial charge in [0.15, 0.2) is 11.0 Å². The van der Waals surface area contributed by atoms with Gasteiger partial charge in [0.25, 0.3) is 0 Å². The third-order valence-corrected chi connectivity index (χ3v) is 4.66. The maximum absolute atomic E-state index is 13.2. The largest absolute Gasteiger partial charge is 0.313 e. The number of halogens is 2. The Labute approximate surface area is 170 Å². The summed E-state index contributed by atoms with van der Waals surface area (Å²) >= 11 is 5.72. The highest BCUT2D eigenvalue weighted by molar-refractivity contribution is 6.29. The number of hydrazone groups is 1. The van der Waals surface area contributed by atoms with Crippen LogP contribution in [0, 0.1) is 12.7 Å². The number of fused-ring (bicyclic) bond motifs is 1. The van der Waals surface area contributed by atoms with Gasteiger partial charge >= 0.3 is 0 Å². The first-order valence-corrected chi connectivity index (χ1v) is 9.10. The number of aromatic nitrogens is 3. The maximum atomic E-state index is 13.2. The molecule has 3 heterocycles. The van der Waals surface area contributed by atoms with Crippen LogP contribution in [0.2, 0.25) is 5.15 Å². The molecule has 8 heteroatoms. The van der Waals surface area contributed by atoms with E-state index in [9.17, 15) is 9.18 Å². The average Bonchev–Trinajstić information content (AvgIpc) is 3.01. The standard InChI is InChI=1S/C21H15ClFN5O/c1-13-16(12-24-26-19-10-9-18(22)25-27-19)17-4-2-3-11-28(17)20(13)21(29)14-5-7-15(23)8-6-14/h2-12H,1H3,(H,26,27)/b24-12+. The molecule has 0 atom stereocenters. The molecule has 0 saturated heterocycles. The van der Waals surface area contributed by atoms with Crippen molar-refractivity contribution >= 4 is 34.9 Å². The maximum Gasteiger partial charge on any atom is 0.210 e. The molecule has 1 aromatic carbocycles. The highest BCUT2D eigenvalue weighted by Gasteiger charge is 2.20. The average molecular weight is 408 g/mol. The summed E-state index contributed by atoms with van der Waals surface area (Å²) in [5.74, 6) is -0.142. The van der Waals surface area contributed by atoms with Crippen molar-refractivity contribution in [2.24, 2.45) is 5.10 Å². The molecule has 4 rings (SSSR count). The summed E-state index contributed by atoms with van der Waals surface area (Å²) in [6, 6.07) is 14.4. The van der Waals surface area contributed by atoms with Crippen molar-refractivity contribution in [1.29, 1.82) is 0 Å². The minimum Gasteiger partial charge on any atom is -0.313 e. The van der Waals surface area contributed by atoms with Gasteiger partial charge in [-0.2, -0.15) is 5.10 Å². The van der Waals surface area contributed by atoms with E-state index in [-0.39, 0.29) is 16.8 Å². The number of carbonyl (C=O) groups is 1. The van der Waals surface area contributed by atoms with Crippen LogP contribution in [0.4, 0.5) is 10.2 Å². The van der Waals surface area contributed by atoms with Crippen molar-refractivity contribution in [3.05, 3.63) is 94.1 Å². The molecule has 0 aliphatic rings.